The predicted molar refractivity (Wildman–Crippen MR) is 69.4 cm³/mol. The van der Waals surface area contributed by atoms with Gasteiger partial charge in [0, 0.05) is 12.6 Å². The summed E-state index contributed by atoms with van der Waals surface area (Å²) < 4.78 is 5.56. The third kappa shape index (κ3) is 2.16. The van der Waals surface area contributed by atoms with Gasteiger partial charge in [-0.25, -0.2) is 0 Å². The van der Waals surface area contributed by atoms with Crippen LogP contribution in [-0.2, 0) is 9.53 Å². The summed E-state index contributed by atoms with van der Waals surface area (Å²) in [7, 11) is 0. The van der Waals surface area contributed by atoms with E-state index in [-0.39, 0.29) is 18.1 Å². The van der Waals surface area contributed by atoms with Crippen molar-refractivity contribution in [1.29, 1.82) is 0 Å². The van der Waals surface area contributed by atoms with Gasteiger partial charge in [-0.05, 0) is 32.2 Å². The van der Waals surface area contributed by atoms with Gasteiger partial charge in [0.05, 0.1) is 12.1 Å². The maximum atomic E-state index is 12.3. The molecule has 1 spiro atoms. The van der Waals surface area contributed by atoms with Crippen LogP contribution in [0.5, 0.6) is 0 Å². The van der Waals surface area contributed by atoms with Crippen LogP contribution in [0.25, 0.3) is 0 Å². The Hall–Kier alpha value is -0.610. The largest absolute Gasteiger partial charge is 0.369 e. The van der Waals surface area contributed by atoms with E-state index in [0.717, 1.165) is 32.5 Å². The van der Waals surface area contributed by atoms with Gasteiger partial charge in [0.1, 0.15) is 6.61 Å². The highest BCUT2D eigenvalue weighted by molar-refractivity contribution is 5.79. The fourth-order valence-electron chi connectivity index (χ4n) is 3.94. The number of nitrogens with zero attached hydrogens (tertiary/aromatic N) is 1. The summed E-state index contributed by atoms with van der Waals surface area (Å²) in [5.41, 5.74) is -0.0460. The van der Waals surface area contributed by atoms with Gasteiger partial charge < -0.3 is 15.0 Å². The Bertz CT molecular complexity index is 301. The minimum absolute atomic E-state index is 0.0460. The van der Waals surface area contributed by atoms with Crippen LogP contribution < -0.4 is 5.32 Å². The number of morpholine rings is 1. The van der Waals surface area contributed by atoms with Crippen molar-refractivity contribution in [1.82, 2.24) is 10.2 Å². The molecule has 2 heterocycles. The highest BCUT2D eigenvalue weighted by Gasteiger charge is 2.47. The Morgan fingerprint density at radius 3 is 2.78 bits per heavy atom. The Balaban J connectivity index is 1.82. The van der Waals surface area contributed by atoms with Gasteiger partial charge in [-0.2, -0.15) is 0 Å². The molecular weight excluding hydrogens is 228 g/mol. The van der Waals surface area contributed by atoms with Gasteiger partial charge in [0.25, 0.3) is 0 Å². The van der Waals surface area contributed by atoms with Gasteiger partial charge in [-0.15, -0.1) is 0 Å². The topological polar surface area (TPSA) is 41.6 Å². The Morgan fingerprint density at radius 1 is 1.22 bits per heavy atom. The summed E-state index contributed by atoms with van der Waals surface area (Å²) >= 11 is 0. The zero-order valence-corrected chi connectivity index (χ0v) is 11.1. The number of ether oxygens (including phenoxy) is 1. The molecule has 0 bridgehead atoms. The first-order chi connectivity index (χ1) is 8.82. The van der Waals surface area contributed by atoms with E-state index >= 15 is 0 Å². The average molecular weight is 252 g/mol. The molecule has 102 valence electrons. The van der Waals surface area contributed by atoms with Crippen molar-refractivity contribution in [3.05, 3.63) is 0 Å². The van der Waals surface area contributed by atoms with E-state index in [9.17, 15) is 4.79 Å². The predicted octanol–water partition coefficient (Wildman–Crippen LogP) is 1.30. The number of hydrogen-bond acceptors (Lipinski definition) is 3. The first kappa shape index (κ1) is 12.4. The third-order valence-corrected chi connectivity index (χ3v) is 4.77. The molecule has 0 radical (unpaired) electrons. The van der Waals surface area contributed by atoms with E-state index in [2.05, 4.69) is 10.2 Å². The zero-order chi connectivity index (χ0) is 12.4. The molecule has 1 N–H and O–H groups in total. The molecule has 4 nitrogen and oxygen atoms in total. The summed E-state index contributed by atoms with van der Waals surface area (Å²) in [5.74, 6) is 0.219. The number of hydrogen-bond donors (Lipinski definition) is 1. The van der Waals surface area contributed by atoms with Crippen LogP contribution in [0.2, 0.25) is 0 Å². The quantitative estimate of drug-likeness (QED) is 0.765. The number of piperidine rings is 1. The molecule has 0 aromatic rings. The SMILES string of the molecule is O=C1COCC2(CCCNC2)N1C1CCCCC1. The van der Waals surface area contributed by atoms with Crippen molar-refractivity contribution in [3.8, 4) is 0 Å². The van der Waals surface area contributed by atoms with Gasteiger partial charge in [-0.3, -0.25) is 4.79 Å². The first-order valence-corrected chi connectivity index (χ1v) is 7.42. The van der Waals surface area contributed by atoms with Crippen molar-refractivity contribution >= 4 is 5.91 Å². The summed E-state index contributed by atoms with van der Waals surface area (Å²) in [5, 5.41) is 3.46. The molecule has 4 heteroatoms. The third-order valence-electron chi connectivity index (χ3n) is 4.77. The molecule has 0 aromatic carbocycles. The second-order valence-corrected chi connectivity index (χ2v) is 6.05. The molecule has 1 aliphatic carbocycles. The minimum Gasteiger partial charge on any atom is -0.369 e. The van der Waals surface area contributed by atoms with Crippen LogP contribution in [0, 0.1) is 0 Å². The molecule has 1 atom stereocenters. The van der Waals surface area contributed by atoms with Crippen LogP contribution in [0.3, 0.4) is 0 Å². The lowest BCUT2D eigenvalue weighted by Crippen LogP contribution is -2.68. The highest BCUT2D eigenvalue weighted by Crippen LogP contribution is 2.34. The smallest absolute Gasteiger partial charge is 0.249 e. The van der Waals surface area contributed by atoms with Gasteiger partial charge >= 0.3 is 0 Å². The maximum absolute atomic E-state index is 12.3. The number of carbonyl (C=O) groups is 1. The Labute approximate surface area is 109 Å². The monoisotopic (exact) mass is 252 g/mol. The highest BCUT2D eigenvalue weighted by atomic mass is 16.5. The van der Waals surface area contributed by atoms with E-state index in [4.69, 9.17) is 4.74 Å². The lowest BCUT2D eigenvalue weighted by Gasteiger charge is -2.53. The number of rotatable bonds is 1. The van der Waals surface area contributed by atoms with Crippen LogP contribution in [0.15, 0.2) is 0 Å². The van der Waals surface area contributed by atoms with Crippen LogP contribution >= 0.6 is 0 Å². The molecule has 0 aromatic heterocycles. The number of carbonyl (C=O) groups excluding carboxylic acids is 1. The van der Waals surface area contributed by atoms with E-state index in [0.29, 0.717) is 6.04 Å². The van der Waals surface area contributed by atoms with Gasteiger partial charge in [-0.1, -0.05) is 19.3 Å². The molecule has 2 aliphatic heterocycles. The van der Waals surface area contributed by atoms with E-state index < -0.39 is 0 Å². The lowest BCUT2D eigenvalue weighted by atomic mass is 9.83. The average Bonchev–Trinajstić information content (AvgIpc) is 2.41. The van der Waals surface area contributed by atoms with Crippen LogP contribution in [-0.4, -0.2) is 48.7 Å². The molecule has 1 saturated carbocycles. The fourth-order valence-corrected chi connectivity index (χ4v) is 3.94. The normalized spacial score (nSPS) is 35.1. The van der Waals surface area contributed by atoms with Crippen LogP contribution in [0.1, 0.15) is 44.9 Å². The number of nitrogens with one attached hydrogen (secondary N) is 1. The van der Waals surface area contributed by atoms with Crippen molar-refractivity contribution < 1.29 is 9.53 Å². The minimum atomic E-state index is -0.0460. The molecule has 18 heavy (non-hydrogen) atoms. The first-order valence-electron chi connectivity index (χ1n) is 7.42. The lowest BCUT2D eigenvalue weighted by molar-refractivity contribution is -0.167. The van der Waals surface area contributed by atoms with Crippen molar-refractivity contribution in [2.45, 2.75) is 56.5 Å². The molecule has 3 aliphatic rings. The molecule has 1 amide bonds. The number of amides is 1. The van der Waals surface area contributed by atoms with Crippen molar-refractivity contribution in [2.75, 3.05) is 26.3 Å². The van der Waals surface area contributed by atoms with E-state index in [1.807, 2.05) is 0 Å². The molecule has 3 rings (SSSR count). The second kappa shape index (κ2) is 5.17. The zero-order valence-electron chi connectivity index (χ0n) is 11.1. The molecule has 1 unspecified atom stereocenters. The molecule has 2 saturated heterocycles. The van der Waals surface area contributed by atoms with Gasteiger partial charge in [0.2, 0.25) is 5.91 Å². The summed E-state index contributed by atoms with van der Waals surface area (Å²) in [4.78, 5) is 14.6. The van der Waals surface area contributed by atoms with E-state index in [1.54, 1.807) is 0 Å². The Kier molecular flexibility index (Phi) is 3.57. The van der Waals surface area contributed by atoms with Crippen molar-refractivity contribution in [3.63, 3.8) is 0 Å². The van der Waals surface area contributed by atoms with Crippen molar-refractivity contribution in [2.24, 2.45) is 0 Å². The maximum Gasteiger partial charge on any atom is 0.249 e. The Morgan fingerprint density at radius 2 is 2.06 bits per heavy atom. The summed E-state index contributed by atoms with van der Waals surface area (Å²) in [6.07, 6.45) is 8.51. The summed E-state index contributed by atoms with van der Waals surface area (Å²) in [6, 6.07) is 0.468. The summed E-state index contributed by atoms with van der Waals surface area (Å²) in [6.45, 7) is 3.00. The van der Waals surface area contributed by atoms with Gasteiger partial charge in [0.15, 0.2) is 0 Å². The molecule has 3 fully saturated rings. The van der Waals surface area contributed by atoms with E-state index in [1.165, 1.54) is 32.1 Å². The van der Waals surface area contributed by atoms with Crippen LogP contribution in [0.4, 0.5) is 0 Å². The molecular formula is C14H24N2O2. The second-order valence-electron chi connectivity index (χ2n) is 6.05. The standard InChI is InChI=1S/C14H24N2O2/c17-13-9-18-11-14(7-4-8-15-10-14)16(13)12-5-2-1-3-6-12/h12,15H,1-11H2. The fraction of sp³-hybridized carbons (Fsp3) is 0.929.